The molecule has 0 atom stereocenters. The number of anilines is 1. The summed E-state index contributed by atoms with van der Waals surface area (Å²) in [5.74, 6) is 0.336. The molecule has 0 aromatic heterocycles. The van der Waals surface area contributed by atoms with Gasteiger partial charge in [0.2, 0.25) is 0 Å². The van der Waals surface area contributed by atoms with Crippen molar-refractivity contribution in [3.05, 3.63) is 24.0 Å². The van der Waals surface area contributed by atoms with Gasteiger partial charge in [0.15, 0.2) is 0 Å². The van der Waals surface area contributed by atoms with E-state index in [0.717, 1.165) is 25.3 Å². The van der Waals surface area contributed by atoms with Crippen LogP contribution in [0.2, 0.25) is 0 Å². The number of benzene rings is 1. The highest BCUT2D eigenvalue weighted by atomic mass is 19.1. The lowest BCUT2D eigenvalue weighted by Crippen LogP contribution is -2.57. The summed E-state index contributed by atoms with van der Waals surface area (Å²) in [6.07, 6.45) is 0. The zero-order valence-corrected chi connectivity index (χ0v) is 10.6. The summed E-state index contributed by atoms with van der Waals surface area (Å²) >= 11 is 0. The maximum atomic E-state index is 13.1. The Morgan fingerprint density at radius 3 is 2.82 bits per heavy atom. The normalized spacial score (nSPS) is 19.2. The molecular formula is C13H19FN2O. The number of hydrogen-bond acceptors (Lipinski definition) is 3. The molecule has 4 heteroatoms. The molecule has 1 heterocycles. The summed E-state index contributed by atoms with van der Waals surface area (Å²) in [5.41, 5.74) is 1.03. The fraction of sp³-hybridized carbons (Fsp3) is 0.538. The standard InChI is InChI=1S/C13H19FN2O/c1-13(2)9-16(7-6-15-13)11-5-4-10(14)8-12(11)17-3/h4-5,8,15H,6-7,9H2,1-3H3. The number of hydrogen-bond donors (Lipinski definition) is 1. The van der Waals surface area contributed by atoms with Gasteiger partial charge in [0.05, 0.1) is 12.8 Å². The minimum atomic E-state index is -0.264. The minimum Gasteiger partial charge on any atom is -0.494 e. The summed E-state index contributed by atoms with van der Waals surface area (Å²) in [6, 6.07) is 4.70. The van der Waals surface area contributed by atoms with Gasteiger partial charge in [-0.2, -0.15) is 0 Å². The van der Waals surface area contributed by atoms with Crippen molar-refractivity contribution in [1.29, 1.82) is 0 Å². The van der Waals surface area contributed by atoms with Crippen molar-refractivity contribution in [3.8, 4) is 5.75 Å². The molecule has 1 saturated heterocycles. The molecule has 1 aliphatic heterocycles. The van der Waals surface area contributed by atoms with E-state index >= 15 is 0 Å². The van der Waals surface area contributed by atoms with Crippen molar-refractivity contribution in [3.63, 3.8) is 0 Å². The fourth-order valence-electron chi connectivity index (χ4n) is 2.26. The Kier molecular flexibility index (Phi) is 3.24. The number of halogens is 1. The smallest absolute Gasteiger partial charge is 0.145 e. The van der Waals surface area contributed by atoms with Gasteiger partial charge in [-0.3, -0.25) is 0 Å². The van der Waals surface area contributed by atoms with Gasteiger partial charge in [-0.15, -0.1) is 0 Å². The monoisotopic (exact) mass is 238 g/mol. The first kappa shape index (κ1) is 12.2. The average molecular weight is 238 g/mol. The van der Waals surface area contributed by atoms with Crippen LogP contribution in [0.1, 0.15) is 13.8 Å². The second-order valence-corrected chi connectivity index (χ2v) is 5.05. The van der Waals surface area contributed by atoms with E-state index in [0.29, 0.717) is 5.75 Å². The fourth-order valence-corrected chi connectivity index (χ4v) is 2.26. The molecule has 17 heavy (non-hydrogen) atoms. The molecule has 1 aromatic carbocycles. The molecule has 1 aliphatic rings. The van der Waals surface area contributed by atoms with Crippen LogP contribution >= 0.6 is 0 Å². The molecular weight excluding hydrogens is 219 g/mol. The highest BCUT2D eigenvalue weighted by Crippen LogP contribution is 2.30. The molecule has 0 spiro atoms. The Bertz CT molecular complexity index is 406. The van der Waals surface area contributed by atoms with Crippen LogP contribution < -0.4 is 15.0 Å². The lowest BCUT2D eigenvalue weighted by Gasteiger charge is -2.40. The highest BCUT2D eigenvalue weighted by Gasteiger charge is 2.27. The first-order valence-electron chi connectivity index (χ1n) is 5.85. The number of nitrogens with zero attached hydrogens (tertiary/aromatic N) is 1. The summed E-state index contributed by atoms with van der Waals surface area (Å²) in [6.45, 7) is 7.04. The number of nitrogens with one attached hydrogen (secondary N) is 1. The van der Waals surface area contributed by atoms with Crippen LogP contribution in [0.4, 0.5) is 10.1 Å². The molecule has 0 amide bonds. The van der Waals surface area contributed by atoms with E-state index in [1.54, 1.807) is 13.2 Å². The quantitative estimate of drug-likeness (QED) is 0.853. The van der Waals surface area contributed by atoms with Crippen LogP contribution in [0.3, 0.4) is 0 Å². The Hall–Kier alpha value is -1.29. The predicted octanol–water partition coefficient (Wildman–Crippen LogP) is 2.02. The van der Waals surface area contributed by atoms with Gasteiger partial charge in [0.25, 0.3) is 0 Å². The minimum absolute atomic E-state index is 0.0671. The van der Waals surface area contributed by atoms with E-state index < -0.39 is 0 Å². The van der Waals surface area contributed by atoms with E-state index in [-0.39, 0.29) is 11.4 Å². The van der Waals surface area contributed by atoms with Crippen LogP contribution in [0.15, 0.2) is 18.2 Å². The molecule has 1 aromatic rings. The van der Waals surface area contributed by atoms with Gasteiger partial charge in [-0.25, -0.2) is 4.39 Å². The molecule has 0 bridgehead atoms. The highest BCUT2D eigenvalue weighted by molar-refractivity contribution is 5.59. The number of piperazine rings is 1. The van der Waals surface area contributed by atoms with Crippen molar-refractivity contribution in [1.82, 2.24) is 5.32 Å². The summed E-state index contributed by atoms with van der Waals surface area (Å²) in [4.78, 5) is 2.23. The van der Waals surface area contributed by atoms with E-state index in [1.165, 1.54) is 12.1 Å². The largest absolute Gasteiger partial charge is 0.494 e. The maximum absolute atomic E-state index is 13.1. The van der Waals surface area contributed by atoms with E-state index in [4.69, 9.17) is 4.74 Å². The molecule has 1 N–H and O–H groups in total. The number of ether oxygens (including phenoxy) is 1. The van der Waals surface area contributed by atoms with Crippen LogP contribution in [0.5, 0.6) is 5.75 Å². The van der Waals surface area contributed by atoms with Crippen molar-refractivity contribution >= 4 is 5.69 Å². The van der Waals surface area contributed by atoms with Crippen LogP contribution in [-0.4, -0.2) is 32.3 Å². The zero-order chi connectivity index (χ0) is 12.5. The zero-order valence-electron chi connectivity index (χ0n) is 10.6. The Morgan fingerprint density at radius 1 is 1.41 bits per heavy atom. The number of rotatable bonds is 2. The third kappa shape index (κ3) is 2.69. The van der Waals surface area contributed by atoms with Gasteiger partial charge in [0.1, 0.15) is 11.6 Å². The van der Waals surface area contributed by atoms with Gasteiger partial charge in [0, 0.05) is 31.2 Å². The second-order valence-electron chi connectivity index (χ2n) is 5.05. The van der Waals surface area contributed by atoms with Crippen molar-refractivity contribution < 1.29 is 9.13 Å². The molecule has 0 aliphatic carbocycles. The lowest BCUT2D eigenvalue weighted by molar-refractivity contribution is 0.348. The molecule has 1 fully saturated rings. The third-order valence-electron chi connectivity index (χ3n) is 3.05. The first-order valence-corrected chi connectivity index (χ1v) is 5.85. The topological polar surface area (TPSA) is 24.5 Å². The van der Waals surface area contributed by atoms with Crippen LogP contribution in [-0.2, 0) is 0 Å². The van der Waals surface area contributed by atoms with Crippen LogP contribution in [0, 0.1) is 5.82 Å². The summed E-state index contributed by atoms with van der Waals surface area (Å²) in [5, 5.41) is 3.45. The first-order chi connectivity index (χ1) is 8.02. The summed E-state index contributed by atoms with van der Waals surface area (Å²) < 4.78 is 18.4. The van der Waals surface area contributed by atoms with Crippen molar-refractivity contribution in [2.45, 2.75) is 19.4 Å². The summed E-state index contributed by atoms with van der Waals surface area (Å²) in [7, 11) is 1.58. The van der Waals surface area contributed by atoms with Crippen LogP contribution in [0.25, 0.3) is 0 Å². The predicted molar refractivity (Wildman–Crippen MR) is 67.2 cm³/mol. The average Bonchev–Trinajstić information content (AvgIpc) is 2.27. The number of methoxy groups -OCH3 is 1. The molecule has 3 nitrogen and oxygen atoms in total. The van der Waals surface area contributed by atoms with Gasteiger partial charge in [-0.1, -0.05) is 0 Å². The molecule has 0 unspecified atom stereocenters. The van der Waals surface area contributed by atoms with E-state index in [9.17, 15) is 4.39 Å². The third-order valence-corrected chi connectivity index (χ3v) is 3.05. The van der Waals surface area contributed by atoms with Gasteiger partial charge < -0.3 is 15.0 Å². The molecule has 2 rings (SSSR count). The molecule has 0 saturated carbocycles. The van der Waals surface area contributed by atoms with Gasteiger partial charge in [-0.05, 0) is 26.0 Å². The molecule has 94 valence electrons. The Morgan fingerprint density at radius 2 is 2.18 bits per heavy atom. The molecule has 0 radical (unpaired) electrons. The SMILES string of the molecule is COc1cc(F)ccc1N1CCNC(C)(C)C1. The van der Waals surface area contributed by atoms with E-state index in [2.05, 4.69) is 24.1 Å². The van der Waals surface area contributed by atoms with Gasteiger partial charge >= 0.3 is 0 Å². The lowest BCUT2D eigenvalue weighted by atomic mass is 10.0. The maximum Gasteiger partial charge on any atom is 0.145 e. The Labute approximate surface area is 102 Å². The van der Waals surface area contributed by atoms with Crippen molar-refractivity contribution in [2.75, 3.05) is 31.6 Å². The van der Waals surface area contributed by atoms with E-state index in [1.807, 2.05) is 0 Å². The Balaban J connectivity index is 2.27. The van der Waals surface area contributed by atoms with Crippen molar-refractivity contribution in [2.24, 2.45) is 0 Å². The second kappa shape index (κ2) is 4.53.